The third kappa shape index (κ3) is 4.61. The highest BCUT2D eigenvalue weighted by atomic mass is 32.2. The average Bonchev–Trinajstić information content (AvgIpc) is 2.36. The first-order valence-electron chi connectivity index (χ1n) is 6.21. The van der Waals surface area contributed by atoms with Crippen molar-refractivity contribution in [2.24, 2.45) is 5.92 Å². The van der Waals surface area contributed by atoms with Crippen LogP contribution in [0.3, 0.4) is 0 Å². The molecule has 18 heavy (non-hydrogen) atoms. The molecule has 0 amide bonds. The molecule has 0 heterocycles. The van der Waals surface area contributed by atoms with Crippen molar-refractivity contribution < 1.29 is 9.90 Å². The lowest BCUT2D eigenvalue weighted by atomic mass is 10.1. The average molecular weight is 267 g/mol. The molecule has 1 atom stereocenters. The van der Waals surface area contributed by atoms with E-state index in [-0.39, 0.29) is 5.92 Å². The fraction of sp³-hybridized carbons (Fsp3) is 0.500. The first kappa shape index (κ1) is 14.9. The molecule has 0 fully saturated rings. The largest absolute Gasteiger partial charge is 0.481 e. The molecule has 1 N–H and O–H groups in total. The minimum atomic E-state index is -0.724. The van der Waals surface area contributed by atoms with E-state index >= 15 is 0 Å². The summed E-state index contributed by atoms with van der Waals surface area (Å²) >= 11 is 1.82. The van der Waals surface area contributed by atoms with Gasteiger partial charge in [-0.15, -0.1) is 11.8 Å². The molecule has 0 saturated heterocycles. The van der Waals surface area contributed by atoms with Crippen molar-refractivity contribution >= 4 is 23.4 Å². The standard InChI is InChI=1S/C14H21NO2S/c1-4-18-13-7-5-12(6-8-13)15(3)10-9-11(2)14(16)17/h5-8,11H,4,9-10H2,1-3H3,(H,16,17). The van der Waals surface area contributed by atoms with Crippen molar-refractivity contribution in [2.45, 2.75) is 25.2 Å². The van der Waals surface area contributed by atoms with E-state index in [2.05, 4.69) is 36.1 Å². The van der Waals surface area contributed by atoms with Crippen molar-refractivity contribution in [1.29, 1.82) is 0 Å². The van der Waals surface area contributed by atoms with Gasteiger partial charge in [-0.3, -0.25) is 4.79 Å². The van der Waals surface area contributed by atoms with Crippen LogP contribution in [0.4, 0.5) is 5.69 Å². The Morgan fingerprint density at radius 3 is 2.50 bits per heavy atom. The van der Waals surface area contributed by atoms with Crippen LogP contribution in [0, 0.1) is 5.92 Å². The summed E-state index contributed by atoms with van der Waals surface area (Å²) in [6.45, 7) is 4.64. The number of carboxylic acid groups (broad SMARTS) is 1. The molecule has 0 saturated carbocycles. The Balaban J connectivity index is 2.50. The third-order valence-electron chi connectivity index (χ3n) is 2.91. The molecule has 0 radical (unpaired) electrons. The topological polar surface area (TPSA) is 40.5 Å². The zero-order valence-electron chi connectivity index (χ0n) is 11.2. The second kappa shape index (κ2) is 7.31. The van der Waals surface area contributed by atoms with Crippen LogP contribution in [0.2, 0.25) is 0 Å². The van der Waals surface area contributed by atoms with Crippen molar-refractivity contribution in [1.82, 2.24) is 0 Å². The summed E-state index contributed by atoms with van der Waals surface area (Å²) in [6, 6.07) is 8.40. The van der Waals surface area contributed by atoms with Gasteiger partial charge >= 0.3 is 5.97 Å². The zero-order valence-corrected chi connectivity index (χ0v) is 12.0. The van der Waals surface area contributed by atoms with Crippen LogP contribution in [0.15, 0.2) is 29.2 Å². The normalized spacial score (nSPS) is 12.2. The molecule has 3 nitrogen and oxygen atoms in total. The Hall–Kier alpha value is -1.16. The maximum Gasteiger partial charge on any atom is 0.306 e. The van der Waals surface area contributed by atoms with Crippen LogP contribution in [0.5, 0.6) is 0 Å². The summed E-state index contributed by atoms with van der Waals surface area (Å²) in [6.07, 6.45) is 0.664. The SMILES string of the molecule is CCSc1ccc(N(C)CCC(C)C(=O)O)cc1. The molecule has 0 aliphatic heterocycles. The molecule has 1 rings (SSSR count). The molecule has 0 aliphatic rings. The number of nitrogens with zero attached hydrogens (tertiary/aromatic N) is 1. The zero-order chi connectivity index (χ0) is 13.5. The summed E-state index contributed by atoms with van der Waals surface area (Å²) in [5, 5.41) is 8.84. The van der Waals surface area contributed by atoms with Crippen molar-refractivity contribution in [3.63, 3.8) is 0 Å². The van der Waals surface area contributed by atoms with Gasteiger partial charge in [0.2, 0.25) is 0 Å². The van der Waals surface area contributed by atoms with Gasteiger partial charge in [0.15, 0.2) is 0 Å². The fourth-order valence-electron chi connectivity index (χ4n) is 1.60. The van der Waals surface area contributed by atoms with Crippen LogP contribution < -0.4 is 4.90 Å². The molecular formula is C14H21NO2S. The molecule has 4 heteroatoms. The number of anilines is 1. The molecule has 1 aromatic rings. The van der Waals surface area contributed by atoms with E-state index in [0.717, 1.165) is 18.0 Å². The Morgan fingerprint density at radius 1 is 1.39 bits per heavy atom. The lowest BCUT2D eigenvalue weighted by molar-refractivity contribution is -0.141. The first-order valence-corrected chi connectivity index (χ1v) is 7.20. The van der Waals surface area contributed by atoms with E-state index in [1.165, 1.54) is 4.90 Å². The minimum Gasteiger partial charge on any atom is -0.481 e. The van der Waals surface area contributed by atoms with Gasteiger partial charge < -0.3 is 10.0 Å². The number of hydrogen-bond acceptors (Lipinski definition) is 3. The summed E-state index contributed by atoms with van der Waals surface area (Å²) in [5.74, 6) is 0.0613. The molecule has 0 aromatic heterocycles. The highest BCUT2D eigenvalue weighted by Gasteiger charge is 2.11. The number of hydrogen-bond donors (Lipinski definition) is 1. The lowest BCUT2D eigenvalue weighted by Gasteiger charge is -2.20. The van der Waals surface area contributed by atoms with Gasteiger partial charge in [-0.05, 0) is 36.4 Å². The fourth-order valence-corrected chi connectivity index (χ4v) is 2.27. The van der Waals surface area contributed by atoms with E-state index in [4.69, 9.17) is 5.11 Å². The Kier molecular flexibility index (Phi) is 6.05. The molecule has 0 aliphatic carbocycles. The number of aliphatic carboxylic acids is 1. The highest BCUT2D eigenvalue weighted by molar-refractivity contribution is 7.99. The van der Waals surface area contributed by atoms with Crippen LogP contribution in [0.25, 0.3) is 0 Å². The molecule has 0 spiro atoms. The van der Waals surface area contributed by atoms with Gasteiger partial charge in [0, 0.05) is 24.2 Å². The number of carboxylic acids is 1. The van der Waals surface area contributed by atoms with Gasteiger partial charge in [0.1, 0.15) is 0 Å². The van der Waals surface area contributed by atoms with Gasteiger partial charge in [0.25, 0.3) is 0 Å². The molecule has 0 bridgehead atoms. The molecule has 1 unspecified atom stereocenters. The minimum absolute atomic E-state index is 0.289. The highest BCUT2D eigenvalue weighted by Crippen LogP contribution is 2.21. The van der Waals surface area contributed by atoms with Gasteiger partial charge in [-0.1, -0.05) is 13.8 Å². The monoisotopic (exact) mass is 267 g/mol. The van der Waals surface area contributed by atoms with Crippen LogP contribution in [-0.2, 0) is 4.79 Å². The van der Waals surface area contributed by atoms with Crippen LogP contribution in [0.1, 0.15) is 20.3 Å². The Morgan fingerprint density at radius 2 is 2.00 bits per heavy atom. The van der Waals surface area contributed by atoms with Crippen LogP contribution in [-0.4, -0.2) is 30.4 Å². The molecule has 1 aromatic carbocycles. The van der Waals surface area contributed by atoms with E-state index in [1.807, 2.05) is 18.8 Å². The third-order valence-corrected chi connectivity index (χ3v) is 3.80. The summed E-state index contributed by atoms with van der Waals surface area (Å²) in [5.41, 5.74) is 1.13. The summed E-state index contributed by atoms with van der Waals surface area (Å²) in [7, 11) is 2.00. The Labute approximate surface area is 113 Å². The second-order valence-electron chi connectivity index (χ2n) is 4.38. The van der Waals surface area contributed by atoms with Gasteiger partial charge in [-0.2, -0.15) is 0 Å². The van der Waals surface area contributed by atoms with Gasteiger partial charge in [0.05, 0.1) is 5.92 Å². The predicted molar refractivity (Wildman–Crippen MR) is 77.5 cm³/mol. The van der Waals surface area contributed by atoms with Crippen molar-refractivity contribution in [3.8, 4) is 0 Å². The number of carbonyl (C=O) groups is 1. The van der Waals surface area contributed by atoms with E-state index in [1.54, 1.807) is 6.92 Å². The molecular weight excluding hydrogens is 246 g/mol. The molecule has 100 valence electrons. The summed E-state index contributed by atoms with van der Waals surface area (Å²) < 4.78 is 0. The first-order chi connectivity index (χ1) is 8.54. The van der Waals surface area contributed by atoms with E-state index in [9.17, 15) is 4.79 Å². The number of rotatable bonds is 7. The smallest absolute Gasteiger partial charge is 0.306 e. The predicted octanol–water partition coefficient (Wildman–Crippen LogP) is 3.35. The Bertz CT molecular complexity index is 378. The summed E-state index contributed by atoms with van der Waals surface area (Å²) in [4.78, 5) is 14.1. The maximum absolute atomic E-state index is 10.7. The second-order valence-corrected chi connectivity index (χ2v) is 5.71. The quantitative estimate of drug-likeness (QED) is 0.769. The van der Waals surface area contributed by atoms with E-state index < -0.39 is 5.97 Å². The van der Waals surface area contributed by atoms with Crippen molar-refractivity contribution in [3.05, 3.63) is 24.3 Å². The lowest BCUT2D eigenvalue weighted by Crippen LogP contribution is -2.22. The van der Waals surface area contributed by atoms with Gasteiger partial charge in [-0.25, -0.2) is 0 Å². The number of thioether (sulfide) groups is 1. The number of benzene rings is 1. The van der Waals surface area contributed by atoms with Crippen molar-refractivity contribution in [2.75, 3.05) is 24.2 Å². The van der Waals surface area contributed by atoms with Crippen LogP contribution >= 0.6 is 11.8 Å². The van der Waals surface area contributed by atoms with E-state index in [0.29, 0.717) is 6.42 Å². The maximum atomic E-state index is 10.7.